The fourth-order valence-corrected chi connectivity index (χ4v) is 1.89. The molecule has 0 bridgehead atoms. The van der Waals surface area contributed by atoms with E-state index < -0.39 is 0 Å². The van der Waals surface area contributed by atoms with Gasteiger partial charge < -0.3 is 10.2 Å². The Bertz CT molecular complexity index is 322. The van der Waals surface area contributed by atoms with Gasteiger partial charge in [0.25, 0.3) is 0 Å². The summed E-state index contributed by atoms with van der Waals surface area (Å²) >= 11 is 1.48. The molecule has 0 aromatic carbocycles. The molecule has 1 aromatic rings. The summed E-state index contributed by atoms with van der Waals surface area (Å²) in [5.74, 6) is 0.0209. The molecule has 15 heavy (non-hydrogen) atoms. The third-order valence-electron chi connectivity index (χ3n) is 1.92. The first-order valence-corrected chi connectivity index (χ1v) is 5.82. The van der Waals surface area contributed by atoms with Crippen LogP contribution in [0.25, 0.3) is 0 Å². The van der Waals surface area contributed by atoms with Crippen molar-refractivity contribution in [3.05, 3.63) is 11.1 Å². The number of thiazole rings is 1. The normalized spacial score (nSPS) is 10.7. The minimum atomic E-state index is 0.0209. The molecular formula is C10H17N3OS. The van der Waals surface area contributed by atoms with Gasteiger partial charge in [-0.25, -0.2) is 4.98 Å². The molecule has 1 rings (SSSR count). The van der Waals surface area contributed by atoms with Crippen molar-refractivity contribution >= 4 is 22.3 Å². The largest absolute Gasteiger partial charge is 0.361 e. The van der Waals surface area contributed by atoms with Gasteiger partial charge in [0.15, 0.2) is 10.9 Å². The molecule has 1 N–H and O–H groups in total. The third kappa shape index (κ3) is 4.40. The molecule has 0 radical (unpaired) electrons. The Labute approximate surface area is 94.3 Å². The number of aromatic nitrogens is 1. The van der Waals surface area contributed by atoms with Gasteiger partial charge in [0, 0.05) is 18.8 Å². The van der Waals surface area contributed by atoms with E-state index in [4.69, 9.17) is 0 Å². The van der Waals surface area contributed by atoms with Crippen LogP contribution in [0.1, 0.15) is 23.8 Å². The van der Waals surface area contributed by atoms with Crippen LogP contribution in [0.3, 0.4) is 0 Å². The molecule has 0 unspecified atom stereocenters. The Morgan fingerprint density at radius 2 is 2.33 bits per heavy atom. The van der Waals surface area contributed by atoms with Crippen molar-refractivity contribution in [2.75, 3.05) is 32.5 Å². The van der Waals surface area contributed by atoms with Crippen LogP contribution in [-0.2, 0) is 0 Å². The average molecular weight is 227 g/mol. The van der Waals surface area contributed by atoms with E-state index in [1.807, 2.05) is 0 Å². The van der Waals surface area contributed by atoms with Gasteiger partial charge in [-0.15, -0.1) is 11.3 Å². The number of rotatable bonds is 6. The highest BCUT2D eigenvalue weighted by Crippen LogP contribution is 2.15. The Kier molecular flexibility index (Phi) is 4.71. The molecule has 84 valence electrons. The van der Waals surface area contributed by atoms with Gasteiger partial charge in [-0.1, -0.05) is 0 Å². The van der Waals surface area contributed by atoms with Crippen molar-refractivity contribution in [1.82, 2.24) is 9.88 Å². The number of anilines is 1. The quantitative estimate of drug-likeness (QED) is 0.593. The van der Waals surface area contributed by atoms with Gasteiger partial charge in [0.05, 0.1) is 0 Å². The van der Waals surface area contributed by atoms with Crippen LogP contribution in [0.4, 0.5) is 5.13 Å². The smallest absolute Gasteiger partial charge is 0.183 e. The molecule has 0 aliphatic carbocycles. The zero-order chi connectivity index (χ0) is 11.3. The van der Waals surface area contributed by atoms with Crippen molar-refractivity contribution in [3.63, 3.8) is 0 Å². The summed E-state index contributed by atoms with van der Waals surface area (Å²) in [6.07, 6.45) is 1.07. The van der Waals surface area contributed by atoms with E-state index in [1.54, 1.807) is 5.38 Å². The number of nitrogens with zero attached hydrogens (tertiary/aromatic N) is 2. The van der Waals surface area contributed by atoms with Crippen LogP contribution in [0, 0.1) is 0 Å². The van der Waals surface area contributed by atoms with Crippen molar-refractivity contribution in [3.8, 4) is 0 Å². The van der Waals surface area contributed by atoms with E-state index in [9.17, 15) is 4.79 Å². The first-order valence-electron chi connectivity index (χ1n) is 4.94. The fourth-order valence-electron chi connectivity index (χ4n) is 1.11. The van der Waals surface area contributed by atoms with Crippen LogP contribution in [-0.4, -0.2) is 42.9 Å². The van der Waals surface area contributed by atoms with Gasteiger partial charge in [-0.3, -0.25) is 4.79 Å². The molecular weight excluding hydrogens is 210 g/mol. The van der Waals surface area contributed by atoms with Crippen molar-refractivity contribution in [2.24, 2.45) is 0 Å². The minimum Gasteiger partial charge on any atom is -0.361 e. The van der Waals surface area contributed by atoms with Crippen LogP contribution < -0.4 is 5.32 Å². The lowest BCUT2D eigenvalue weighted by Gasteiger charge is -2.08. The first kappa shape index (κ1) is 12.1. The van der Waals surface area contributed by atoms with Crippen LogP contribution in [0.15, 0.2) is 5.38 Å². The summed E-state index contributed by atoms with van der Waals surface area (Å²) in [6.45, 7) is 3.48. The van der Waals surface area contributed by atoms with Gasteiger partial charge in [0.1, 0.15) is 5.69 Å². The molecule has 4 nitrogen and oxygen atoms in total. The Hall–Kier alpha value is -0.940. The van der Waals surface area contributed by atoms with Gasteiger partial charge >= 0.3 is 0 Å². The maximum atomic E-state index is 11.0. The number of nitrogens with one attached hydrogen (secondary N) is 1. The van der Waals surface area contributed by atoms with E-state index in [0.29, 0.717) is 5.69 Å². The molecule has 1 heterocycles. The predicted molar refractivity (Wildman–Crippen MR) is 63.8 cm³/mol. The molecule has 0 aliphatic heterocycles. The van der Waals surface area contributed by atoms with Gasteiger partial charge in [0.2, 0.25) is 0 Å². The summed E-state index contributed by atoms with van der Waals surface area (Å²) in [6, 6.07) is 0. The zero-order valence-electron chi connectivity index (χ0n) is 9.41. The van der Waals surface area contributed by atoms with E-state index in [1.165, 1.54) is 18.3 Å². The lowest BCUT2D eigenvalue weighted by Crippen LogP contribution is -2.16. The van der Waals surface area contributed by atoms with Gasteiger partial charge in [-0.2, -0.15) is 0 Å². The van der Waals surface area contributed by atoms with Crippen molar-refractivity contribution in [2.45, 2.75) is 13.3 Å². The van der Waals surface area contributed by atoms with E-state index in [0.717, 1.165) is 24.6 Å². The van der Waals surface area contributed by atoms with Gasteiger partial charge in [-0.05, 0) is 27.1 Å². The molecule has 0 atom stereocenters. The van der Waals surface area contributed by atoms with Crippen LogP contribution >= 0.6 is 11.3 Å². The lowest BCUT2D eigenvalue weighted by atomic mass is 10.4. The summed E-state index contributed by atoms with van der Waals surface area (Å²) in [4.78, 5) is 17.3. The lowest BCUT2D eigenvalue weighted by molar-refractivity contribution is 0.101. The van der Waals surface area contributed by atoms with Crippen molar-refractivity contribution in [1.29, 1.82) is 0 Å². The summed E-state index contributed by atoms with van der Waals surface area (Å²) in [5, 5.41) is 5.82. The maximum absolute atomic E-state index is 11.0. The molecule has 0 spiro atoms. The summed E-state index contributed by atoms with van der Waals surface area (Å²) in [7, 11) is 4.11. The molecule has 0 fully saturated rings. The monoisotopic (exact) mass is 227 g/mol. The number of Topliss-reactive ketones (excluding diaryl/α,β-unsaturated/α-hetero) is 1. The SMILES string of the molecule is CC(=O)c1csc(NCCCN(C)C)n1. The van der Waals surface area contributed by atoms with E-state index in [-0.39, 0.29) is 5.78 Å². The highest BCUT2D eigenvalue weighted by atomic mass is 32.1. The Balaban J connectivity index is 2.29. The standard InChI is InChI=1S/C10H17N3OS/c1-8(14)9-7-15-10(12-9)11-5-4-6-13(2)3/h7H,4-6H2,1-3H3,(H,11,12). The number of hydrogen-bond donors (Lipinski definition) is 1. The summed E-state index contributed by atoms with van der Waals surface area (Å²) in [5.41, 5.74) is 0.551. The fraction of sp³-hybridized carbons (Fsp3) is 0.600. The second kappa shape index (κ2) is 5.82. The van der Waals surface area contributed by atoms with E-state index >= 15 is 0 Å². The highest BCUT2D eigenvalue weighted by molar-refractivity contribution is 7.13. The van der Waals surface area contributed by atoms with E-state index in [2.05, 4.69) is 29.3 Å². The molecule has 0 aliphatic rings. The molecule has 1 aromatic heterocycles. The molecule has 0 saturated heterocycles. The number of hydrogen-bond acceptors (Lipinski definition) is 5. The number of carbonyl (C=O) groups excluding carboxylic acids is 1. The summed E-state index contributed by atoms with van der Waals surface area (Å²) < 4.78 is 0. The van der Waals surface area contributed by atoms with Crippen LogP contribution in [0.2, 0.25) is 0 Å². The highest BCUT2D eigenvalue weighted by Gasteiger charge is 2.04. The third-order valence-corrected chi connectivity index (χ3v) is 2.72. The zero-order valence-corrected chi connectivity index (χ0v) is 10.2. The maximum Gasteiger partial charge on any atom is 0.183 e. The Morgan fingerprint density at radius 1 is 1.60 bits per heavy atom. The molecule has 0 amide bonds. The topological polar surface area (TPSA) is 45.2 Å². The predicted octanol–water partition coefficient (Wildman–Crippen LogP) is 1.71. The minimum absolute atomic E-state index is 0.0209. The number of ketones is 1. The number of carbonyl (C=O) groups is 1. The molecule has 5 heteroatoms. The van der Waals surface area contributed by atoms with Crippen LogP contribution in [0.5, 0.6) is 0 Å². The second-order valence-corrected chi connectivity index (χ2v) is 4.54. The van der Waals surface area contributed by atoms with Crippen molar-refractivity contribution < 1.29 is 4.79 Å². The first-order chi connectivity index (χ1) is 7.09. The molecule has 0 saturated carbocycles. The second-order valence-electron chi connectivity index (χ2n) is 3.68. The Morgan fingerprint density at radius 3 is 2.87 bits per heavy atom. The average Bonchev–Trinajstić information content (AvgIpc) is 2.60.